The molecule has 0 atom stereocenters. The molecular weight excluding hydrogens is 162 g/mol. The number of aryl methyl sites for hydroxylation is 1. The van der Waals surface area contributed by atoms with Gasteiger partial charge >= 0.3 is 0 Å². The van der Waals surface area contributed by atoms with Crippen molar-refractivity contribution in [2.45, 2.75) is 13.5 Å². The lowest BCUT2D eigenvalue weighted by atomic mass is 10.2. The number of hydrogen-bond acceptors (Lipinski definition) is 3. The van der Waals surface area contributed by atoms with Crippen molar-refractivity contribution < 1.29 is 0 Å². The van der Waals surface area contributed by atoms with Gasteiger partial charge in [0.1, 0.15) is 0 Å². The monoisotopic (exact) mass is 173 g/mol. The molecule has 2 rings (SSSR count). The van der Waals surface area contributed by atoms with Crippen LogP contribution in [0.25, 0.3) is 11.0 Å². The van der Waals surface area contributed by atoms with E-state index in [2.05, 4.69) is 9.97 Å². The molecule has 3 nitrogen and oxygen atoms in total. The molecule has 0 aliphatic rings. The fourth-order valence-corrected chi connectivity index (χ4v) is 1.32. The van der Waals surface area contributed by atoms with E-state index in [4.69, 9.17) is 5.73 Å². The molecule has 0 bridgehead atoms. The Morgan fingerprint density at radius 1 is 1.15 bits per heavy atom. The second-order valence-electron chi connectivity index (χ2n) is 2.95. The van der Waals surface area contributed by atoms with E-state index >= 15 is 0 Å². The first-order chi connectivity index (χ1) is 6.31. The van der Waals surface area contributed by atoms with Gasteiger partial charge in [0.05, 0.1) is 22.4 Å². The van der Waals surface area contributed by atoms with Gasteiger partial charge in [-0.15, -0.1) is 0 Å². The van der Waals surface area contributed by atoms with Crippen LogP contribution in [-0.2, 0) is 6.54 Å². The maximum absolute atomic E-state index is 5.54. The number of benzene rings is 1. The minimum Gasteiger partial charge on any atom is -0.325 e. The summed E-state index contributed by atoms with van der Waals surface area (Å²) in [5.74, 6) is 0. The summed E-state index contributed by atoms with van der Waals surface area (Å²) < 4.78 is 0. The van der Waals surface area contributed by atoms with Crippen molar-refractivity contribution in [3.05, 3.63) is 35.7 Å². The summed E-state index contributed by atoms with van der Waals surface area (Å²) in [5.41, 5.74) is 9.17. The van der Waals surface area contributed by atoms with Crippen LogP contribution in [0.3, 0.4) is 0 Å². The highest BCUT2D eigenvalue weighted by Gasteiger charge is 2.01. The zero-order valence-electron chi connectivity index (χ0n) is 7.49. The van der Waals surface area contributed by atoms with E-state index < -0.39 is 0 Å². The molecule has 0 aliphatic carbocycles. The van der Waals surface area contributed by atoms with Gasteiger partial charge in [-0.3, -0.25) is 0 Å². The molecule has 0 fully saturated rings. The summed E-state index contributed by atoms with van der Waals surface area (Å²) in [6, 6.07) is 7.81. The summed E-state index contributed by atoms with van der Waals surface area (Å²) in [6.07, 6.45) is 0. The minimum atomic E-state index is 0.448. The van der Waals surface area contributed by atoms with Gasteiger partial charge < -0.3 is 5.73 Å². The third-order valence-corrected chi connectivity index (χ3v) is 2.04. The van der Waals surface area contributed by atoms with Gasteiger partial charge in [0.15, 0.2) is 0 Å². The van der Waals surface area contributed by atoms with E-state index in [0.29, 0.717) is 6.54 Å². The van der Waals surface area contributed by atoms with E-state index in [1.54, 1.807) is 0 Å². The van der Waals surface area contributed by atoms with Crippen LogP contribution in [0.4, 0.5) is 0 Å². The zero-order chi connectivity index (χ0) is 9.26. The number of aromatic nitrogens is 2. The Hall–Kier alpha value is -1.48. The maximum atomic E-state index is 5.54. The van der Waals surface area contributed by atoms with Crippen molar-refractivity contribution in [2.75, 3.05) is 0 Å². The second-order valence-corrected chi connectivity index (χ2v) is 2.95. The Balaban J connectivity index is 2.74. The lowest BCUT2D eigenvalue weighted by Crippen LogP contribution is -2.04. The van der Waals surface area contributed by atoms with Crippen LogP contribution in [-0.4, -0.2) is 9.97 Å². The van der Waals surface area contributed by atoms with Gasteiger partial charge in [-0.05, 0) is 19.1 Å². The average molecular weight is 173 g/mol. The lowest BCUT2D eigenvalue weighted by molar-refractivity contribution is 0.955. The molecule has 0 amide bonds. The standard InChI is InChI=1S/C10H11N3/c1-7-10(6-11)13-9-5-3-2-4-8(9)12-7/h2-5H,6,11H2,1H3. The summed E-state index contributed by atoms with van der Waals surface area (Å²) in [6.45, 7) is 2.38. The number of fused-ring (bicyclic) bond motifs is 1. The van der Waals surface area contributed by atoms with E-state index in [-0.39, 0.29) is 0 Å². The Morgan fingerprint density at radius 3 is 2.38 bits per heavy atom. The Bertz CT molecular complexity index is 437. The van der Waals surface area contributed by atoms with Gasteiger partial charge in [-0.1, -0.05) is 12.1 Å². The quantitative estimate of drug-likeness (QED) is 0.709. The fourth-order valence-electron chi connectivity index (χ4n) is 1.32. The van der Waals surface area contributed by atoms with Crippen LogP contribution < -0.4 is 5.73 Å². The third kappa shape index (κ3) is 1.38. The van der Waals surface area contributed by atoms with Gasteiger partial charge in [0, 0.05) is 6.54 Å². The number of para-hydroxylation sites is 2. The topological polar surface area (TPSA) is 51.8 Å². The smallest absolute Gasteiger partial charge is 0.0890 e. The number of hydrogen-bond donors (Lipinski definition) is 1. The second kappa shape index (κ2) is 3.11. The molecule has 0 unspecified atom stereocenters. The largest absolute Gasteiger partial charge is 0.325 e. The van der Waals surface area contributed by atoms with E-state index in [0.717, 1.165) is 22.4 Å². The predicted octanol–water partition coefficient (Wildman–Crippen LogP) is 1.40. The summed E-state index contributed by atoms with van der Waals surface area (Å²) in [4.78, 5) is 8.81. The van der Waals surface area contributed by atoms with Gasteiger partial charge in [0.25, 0.3) is 0 Å². The van der Waals surface area contributed by atoms with Crippen molar-refractivity contribution in [1.82, 2.24) is 9.97 Å². The fraction of sp³-hybridized carbons (Fsp3) is 0.200. The molecule has 0 spiro atoms. The molecule has 1 aromatic carbocycles. The van der Waals surface area contributed by atoms with Crippen LogP contribution in [0.1, 0.15) is 11.4 Å². The zero-order valence-corrected chi connectivity index (χ0v) is 7.49. The average Bonchev–Trinajstić information content (AvgIpc) is 2.17. The SMILES string of the molecule is Cc1nc2ccccc2nc1CN. The number of nitrogens with two attached hydrogens (primary N) is 1. The maximum Gasteiger partial charge on any atom is 0.0890 e. The van der Waals surface area contributed by atoms with Crippen LogP contribution in [0.2, 0.25) is 0 Å². The summed E-state index contributed by atoms with van der Waals surface area (Å²) >= 11 is 0. The van der Waals surface area contributed by atoms with Crippen molar-refractivity contribution >= 4 is 11.0 Å². The molecule has 0 aliphatic heterocycles. The highest BCUT2D eigenvalue weighted by Crippen LogP contribution is 2.11. The molecule has 2 aromatic rings. The molecule has 1 aromatic heterocycles. The molecule has 0 radical (unpaired) electrons. The van der Waals surface area contributed by atoms with Crippen molar-refractivity contribution in [2.24, 2.45) is 5.73 Å². The summed E-state index contributed by atoms with van der Waals surface area (Å²) in [5, 5.41) is 0. The molecular formula is C10H11N3. The van der Waals surface area contributed by atoms with Gasteiger partial charge in [-0.25, -0.2) is 9.97 Å². The molecule has 66 valence electrons. The highest BCUT2D eigenvalue weighted by atomic mass is 14.8. The lowest BCUT2D eigenvalue weighted by Gasteiger charge is -2.02. The molecule has 0 saturated heterocycles. The first-order valence-corrected chi connectivity index (χ1v) is 4.23. The van der Waals surface area contributed by atoms with Crippen LogP contribution in [0, 0.1) is 6.92 Å². The van der Waals surface area contributed by atoms with Gasteiger partial charge in [-0.2, -0.15) is 0 Å². The summed E-state index contributed by atoms with van der Waals surface area (Å²) in [7, 11) is 0. The number of rotatable bonds is 1. The molecule has 2 N–H and O–H groups in total. The van der Waals surface area contributed by atoms with Crippen LogP contribution in [0.5, 0.6) is 0 Å². The Labute approximate surface area is 76.6 Å². The first kappa shape index (κ1) is 8.13. The minimum absolute atomic E-state index is 0.448. The normalized spacial score (nSPS) is 10.6. The van der Waals surface area contributed by atoms with Crippen LogP contribution in [0.15, 0.2) is 24.3 Å². The van der Waals surface area contributed by atoms with E-state index in [9.17, 15) is 0 Å². The molecule has 1 heterocycles. The number of nitrogens with zero attached hydrogens (tertiary/aromatic N) is 2. The van der Waals surface area contributed by atoms with Crippen molar-refractivity contribution in [3.63, 3.8) is 0 Å². The first-order valence-electron chi connectivity index (χ1n) is 4.23. The third-order valence-electron chi connectivity index (χ3n) is 2.04. The molecule has 13 heavy (non-hydrogen) atoms. The predicted molar refractivity (Wildman–Crippen MR) is 52.2 cm³/mol. The van der Waals surface area contributed by atoms with Crippen LogP contribution >= 0.6 is 0 Å². The highest BCUT2D eigenvalue weighted by molar-refractivity contribution is 5.74. The Morgan fingerprint density at radius 2 is 1.77 bits per heavy atom. The van der Waals surface area contributed by atoms with Crippen molar-refractivity contribution in [3.8, 4) is 0 Å². The van der Waals surface area contributed by atoms with E-state index in [1.165, 1.54) is 0 Å². The van der Waals surface area contributed by atoms with E-state index in [1.807, 2.05) is 31.2 Å². The molecule has 3 heteroatoms. The molecule has 0 saturated carbocycles. The van der Waals surface area contributed by atoms with Gasteiger partial charge in [0.2, 0.25) is 0 Å². The Kier molecular flexibility index (Phi) is 1.94. The van der Waals surface area contributed by atoms with Crippen molar-refractivity contribution in [1.29, 1.82) is 0 Å².